The molecule has 0 spiro atoms. The maximum Gasteiger partial charge on any atom is 0.157 e. The lowest BCUT2D eigenvalue weighted by Gasteiger charge is -2.30. The second-order valence-corrected chi connectivity index (χ2v) is 6.32. The summed E-state index contributed by atoms with van der Waals surface area (Å²) >= 11 is 1.61. The molecule has 1 heterocycles. The molecular weight excluding hydrogens is 328 g/mol. The summed E-state index contributed by atoms with van der Waals surface area (Å²) in [5.74, 6) is 0. The molecule has 23 heavy (non-hydrogen) atoms. The van der Waals surface area contributed by atoms with Gasteiger partial charge in [0.1, 0.15) is 0 Å². The van der Waals surface area contributed by atoms with Crippen molar-refractivity contribution in [3.05, 3.63) is 71.8 Å². The highest BCUT2D eigenvalue weighted by Crippen LogP contribution is 2.36. The molecule has 3 rings (SSSR count). The summed E-state index contributed by atoms with van der Waals surface area (Å²) in [6.45, 7) is 3.04. The summed E-state index contributed by atoms with van der Waals surface area (Å²) in [5, 5.41) is 9.22. The van der Waals surface area contributed by atoms with E-state index in [0.717, 1.165) is 13.1 Å². The third-order valence-electron chi connectivity index (χ3n) is 3.73. The summed E-state index contributed by atoms with van der Waals surface area (Å²) in [4.78, 5) is 2.10. The normalized spacial score (nSPS) is 14.4. The summed E-state index contributed by atoms with van der Waals surface area (Å²) in [6, 6.07) is 20.8. The lowest BCUT2D eigenvalue weighted by molar-refractivity contribution is 0.0690. The van der Waals surface area contributed by atoms with Crippen LogP contribution in [0, 0.1) is 5.41 Å². The Morgan fingerprint density at radius 3 is 1.87 bits per heavy atom. The zero-order valence-electron chi connectivity index (χ0n) is 12.9. The van der Waals surface area contributed by atoms with Gasteiger partial charge >= 0.3 is 0 Å². The lowest BCUT2D eigenvalue weighted by Crippen LogP contribution is -2.39. The van der Waals surface area contributed by atoms with Crippen LogP contribution in [0.25, 0.3) is 0 Å². The minimum absolute atomic E-state index is 0. The molecule has 1 aliphatic rings. The Balaban J connectivity index is 0.00000192. The van der Waals surface area contributed by atoms with Crippen molar-refractivity contribution in [3.8, 4) is 0 Å². The maximum absolute atomic E-state index is 8.45. The molecule has 122 valence electrons. The molecule has 0 unspecified atom stereocenters. The van der Waals surface area contributed by atoms with Gasteiger partial charge in [0.05, 0.1) is 18.5 Å². The average Bonchev–Trinajstić information content (AvgIpc) is 2.62. The van der Waals surface area contributed by atoms with Crippen LogP contribution in [0.3, 0.4) is 0 Å². The van der Waals surface area contributed by atoms with Gasteiger partial charge < -0.3 is 9.64 Å². The van der Waals surface area contributed by atoms with Crippen molar-refractivity contribution in [1.82, 2.24) is 4.90 Å². The summed E-state index contributed by atoms with van der Waals surface area (Å²) in [5.41, 5.74) is 2.47. The van der Waals surface area contributed by atoms with Crippen LogP contribution in [0.1, 0.15) is 16.4 Å². The molecule has 0 amide bonds. The topological polar surface area (TPSA) is 36.3 Å². The van der Waals surface area contributed by atoms with Gasteiger partial charge in [0, 0.05) is 13.1 Å². The first-order valence-corrected chi connectivity index (χ1v) is 8.40. The number of ether oxygens (including phenoxy) is 1. The molecule has 5 heteroatoms. The highest BCUT2D eigenvalue weighted by atomic mass is 35.5. The molecule has 1 fully saturated rings. The van der Waals surface area contributed by atoms with E-state index in [9.17, 15) is 0 Å². The predicted octanol–water partition coefficient (Wildman–Crippen LogP) is 4.20. The molecule has 0 aliphatic carbocycles. The molecule has 0 aromatic heterocycles. The van der Waals surface area contributed by atoms with Gasteiger partial charge in [0.2, 0.25) is 0 Å². The fourth-order valence-corrected chi connectivity index (χ4v) is 3.68. The number of nitrogens with zero attached hydrogens (tertiary/aromatic N) is 1. The maximum atomic E-state index is 8.45. The minimum atomic E-state index is 0. The van der Waals surface area contributed by atoms with Crippen molar-refractivity contribution >= 4 is 29.3 Å². The Labute approximate surface area is 148 Å². The van der Waals surface area contributed by atoms with E-state index in [1.165, 1.54) is 11.1 Å². The quantitative estimate of drug-likeness (QED) is 0.667. The Bertz CT molecular complexity index is 563. The number of benzene rings is 2. The van der Waals surface area contributed by atoms with Gasteiger partial charge in [-0.3, -0.25) is 5.41 Å². The summed E-state index contributed by atoms with van der Waals surface area (Å²) in [6.07, 6.45) is 0. The molecule has 2 aromatic rings. The van der Waals surface area contributed by atoms with Crippen LogP contribution in [-0.2, 0) is 4.74 Å². The molecule has 0 radical (unpaired) electrons. The van der Waals surface area contributed by atoms with Crippen molar-refractivity contribution in [2.24, 2.45) is 0 Å². The van der Waals surface area contributed by atoms with Crippen LogP contribution in [0.5, 0.6) is 0 Å². The SMILES string of the molecule is Cl.N=C(SC(c1ccccc1)c1ccccc1)N1CCOCC1. The first-order valence-electron chi connectivity index (χ1n) is 7.52. The second-order valence-electron chi connectivity index (χ2n) is 5.22. The second kappa shape index (κ2) is 8.96. The first kappa shape index (κ1) is 17.9. The highest BCUT2D eigenvalue weighted by molar-refractivity contribution is 8.14. The highest BCUT2D eigenvalue weighted by Gasteiger charge is 2.21. The number of thioether (sulfide) groups is 1. The van der Waals surface area contributed by atoms with E-state index in [2.05, 4.69) is 53.4 Å². The summed E-state index contributed by atoms with van der Waals surface area (Å²) in [7, 11) is 0. The zero-order valence-corrected chi connectivity index (χ0v) is 14.5. The van der Waals surface area contributed by atoms with Crippen molar-refractivity contribution in [3.63, 3.8) is 0 Å². The third kappa shape index (κ3) is 4.74. The van der Waals surface area contributed by atoms with Crippen LogP contribution in [0.4, 0.5) is 0 Å². The van der Waals surface area contributed by atoms with Crippen molar-refractivity contribution in [2.75, 3.05) is 26.3 Å². The Kier molecular flexibility index (Phi) is 6.96. The Morgan fingerprint density at radius 2 is 1.39 bits per heavy atom. The predicted molar refractivity (Wildman–Crippen MR) is 99.7 cm³/mol. The molecule has 2 aromatic carbocycles. The molecule has 1 saturated heterocycles. The van der Waals surface area contributed by atoms with Crippen LogP contribution in [0.15, 0.2) is 60.7 Å². The Hall–Kier alpha value is -1.49. The van der Waals surface area contributed by atoms with Crippen LogP contribution >= 0.6 is 24.2 Å². The lowest BCUT2D eigenvalue weighted by atomic mass is 10.0. The summed E-state index contributed by atoms with van der Waals surface area (Å²) < 4.78 is 5.38. The van der Waals surface area contributed by atoms with Gasteiger partial charge in [-0.2, -0.15) is 0 Å². The Morgan fingerprint density at radius 1 is 0.913 bits per heavy atom. The third-order valence-corrected chi connectivity index (χ3v) is 4.99. The molecule has 1 N–H and O–H groups in total. The van der Waals surface area contributed by atoms with Gasteiger partial charge in [-0.15, -0.1) is 12.4 Å². The van der Waals surface area contributed by atoms with E-state index in [-0.39, 0.29) is 17.7 Å². The van der Waals surface area contributed by atoms with E-state index in [4.69, 9.17) is 10.1 Å². The smallest absolute Gasteiger partial charge is 0.157 e. The van der Waals surface area contributed by atoms with Gasteiger partial charge in [-0.05, 0) is 11.1 Å². The van der Waals surface area contributed by atoms with Crippen molar-refractivity contribution < 1.29 is 4.74 Å². The number of hydrogen-bond acceptors (Lipinski definition) is 3. The largest absolute Gasteiger partial charge is 0.378 e. The van der Waals surface area contributed by atoms with Crippen LogP contribution in [-0.4, -0.2) is 36.4 Å². The monoisotopic (exact) mass is 348 g/mol. The van der Waals surface area contributed by atoms with E-state index in [0.29, 0.717) is 18.4 Å². The molecule has 3 nitrogen and oxygen atoms in total. The first-order chi connectivity index (χ1) is 10.8. The fourth-order valence-electron chi connectivity index (χ4n) is 2.54. The number of amidine groups is 1. The van der Waals surface area contributed by atoms with Crippen molar-refractivity contribution in [1.29, 1.82) is 5.41 Å². The number of hydrogen-bond donors (Lipinski definition) is 1. The van der Waals surface area contributed by atoms with Crippen LogP contribution in [0.2, 0.25) is 0 Å². The fraction of sp³-hybridized carbons (Fsp3) is 0.278. The molecule has 0 saturated carbocycles. The molecular formula is C18H21ClN2OS. The number of rotatable bonds is 3. The van der Waals surface area contributed by atoms with Gasteiger partial charge in [-0.1, -0.05) is 72.4 Å². The van der Waals surface area contributed by atoms with Crippen LogP contribution < -0.4 is 0 Å². The van der Waals surface area contributed by atoms with E-state index < -0.39 is 0 Å². The standard InChI is InChI=1S/C18H20N2OS.ClH/c19-18(20-11-13-21-14-12-20)22-17(15-7-3-1-4-8-15)16-9-5-2-6-10-16;/h1-10,17,19H,11-14H2;1H. The van der Waals surface area contributed by atoms with E-state index in [1.54, 1.807) is 11.8 Å². The zero-order chi connectivity index (χ0) is 15.2. The molecule has 1 aliphatic heterocycles. The number of morpholine rings is 1. The minimum Gasteiger partial charge on any atom is -0.378 e. The van der Waals surface area contributed by atoms with Gasteiger partial charge in [-0.25, -0.2) is 0 Å². The van der Waals surface area contributed by atoms with E-state index in [1.807, 2.05) is 12.1 Å². The number of nitrogens with one attached hydrogen (secondary N) is 1. The van der Waals surface area contributed by atoms with Gasteiger partial charge in [0.15, 0.2) is 5.17 Å². The van der Waals surface area contributed by atoms with Gasteiger partial charge in [0.25, 0.3) is 0 Å². The van der Waals surface area contributed by atoms with Crippen molar-refractivity contribution in [2.45, 2.75) is 5.25 Å². The molecule has 0 atom stereocenters. The average molecular weight is 349 g/mol. The molecule has 0 bridgehead atoms. The number of halogens is 1. The van der Waals surface area contributed by atoms with E-state index >= 15 is 0 Å².